The molecule has 0 unspecified atom stereocenters. The summed E-state index contributed by atoms with van der Waals surface area (Å²) in [5.74, 6) is 0.528. The number of allylic oxidation sites excluding steroid dienone is 3. The molecule has 4 aliphatic rings. The molecule has 6 heteroatoms. The van der Waals surface area contributed by atoms with E-state index < -0.39 is 5.97 Å². The Morgan fingerprint density at radius 2 is 1.97 bits per heavy atom. The Labute approximate surface area is 184 Å². The summed E-state index contributed by atoms with van der Waals surface area (Å²) < 4.78 is 5.09. The van der Waals surface area contributed by atoms with Gasteiger partial charge in [0.05, 0.1) is 13.0 Å². The van der Waals surface area contributed by atoms with Crippen molar-refractivity contribution < 1.29 is 24.2 Å². The summed E-state index contributed by atoms with van der Waals surface area (Å²) in [5, 5.41) is 9.44. The van der Waals surface area contributed by atoms with E-state index in [0.717, 1.165) is 32.1 Å². The molecule has 4 rings (SSSR count). The van der Waals surface area contributed by atoms with Crippen LogP contribution in [-0.2, 0) is 19.1 Å². The third kappa shape index (κ3) is 3.62. The van der Waals surface area contributed by atoms with Gasteiger partial charge in [-0.05, 0) is 87.2 Å². The molecule has 1 saturated heterocycles. The lowest BCUT2D eigenvalue weighted by atomic mass is 9.48. The molecular formula is C25H35NO5. The zero-order chi connectivity index (χ0) is 22.4. The molecule has 1 aliphatic heterocycles. The number of hydrogen-bond acceptors (Lipinski definition) is 4. The summed E-state index contributed by atoms with van der Waals surface area (Å²) in [6.45, 7) is 7.14. The van der Waals surface area contributed by atoms with Gasteiger partial charge in [-0.15, -0.1) is 0 Å². The van der Waals surface area contributed by atoms with Crippen molar-refractivity contribution in [1.29, 1.82) is 0 Å². The number of likely N-dealkylation sites (tertiary alicyclic amines) is 1. The number of carboxylic acids is 1. The Kier molecular flexibility index (Phi) is 5.78. The lowest BCUT2D eigenvalue weighted by Crippen LogP contribution is -2.64. The minimum absolute atomic E-state index is 0.0143. The molecule has 1 N–H and O–H groups in total. The van der Waals surface area contributed by atoms with Gasteiger partial charge in [-0.1, -0.05) is 13.0 Å². The molecule has 3 aliphatic carbocycles. The highest BCUT2D eigenvalue weighted by molar-refractivity contribution is 5.87. The van der Waals surface area contributed by atoms with E-state index >= 15 is 0 Å². The van der Waals surface area contributed by atoms with E-state index in [1.165, 1.54) is 5.57 Å². The Morgan fingerprint density at radius 1 is 1.19 bits per heavy atom. The molecule has 1 saturated carbocycles. The number of amides is 1. The molecule has 2 fully saturated rings. The Hall–Kier alpha value is -2.11. The summed E-state index contributed by atoms with van der Waals surface area (Å²) >= 11 is 0. The van der Waals surface area contributed by atoms with E-state index in [0.29, 0.717) is 49.3 Å². The lowest BCUT2D eigenvalue weighted by Gasteiger charge is -2.61. The van der Waals surface area contributed by atoms with E-state index in [2.05, 4.69) is 19.9 Å². The number of aliphatic carboxylic acids is 1. The van der Waals surface area contributed by atoms with Gasteiger partial charge in [-0.2, -0.15) is 0 Å². The van der Waals surface area contributed by atoms with Gasteiger partial charge in [0.2, 0.25) is 5.91 Å². The van der Waals surface area contributed by atoms with Crippen molar-refractivity contribution in [1.82, 2.24) is 4.90 Å². The third-order valence-corrected chi connectivity index (χ3v) is 8.83. The normalized spacial score (nSPS) is 37.1. The van der Waals surface area contributed by atoms with Crippen LogP contribution < -0.4 is 0 Å². The smallest absolute Gasteiger partial charge is 0.331 e. The number of carbonyl (C=O) groups is 3. The Balaban J connectivity index is 1.58. The molecule has 5 atom stereocenters. The summed E-state index contributed by atoms with van der Waals surface area (Å²) in [4.78, 5) is 38.3. The van der Waals surface area contributed by atoms with Gasteiger partial charge in [0, 0.05) is 24.1 Å². The van der Waals surface area contributed by atoms with E-state index in [4.69, 9.17) is 4.74 Å². The molecule has 0 bridgehead atoms. The summed E-state index contributed by atoms with van der Waals surface area (Å²) in [6.07, 6.45) is 10.3. The highest BCUT2D eigenvalue weighted by atomic mass is 16.5. The summed E-state index contributed by atoms with van der Waals surface area (Å²) in [5.41, 5.74) is 1.52. The quantitative estimate of drug-likeness (QED) is 0.665. The molecule has 1 heterocycles. The average molecular weight is 430 g/mol. The number of nitrogens with zero attached hydrogens (tertiary/aromatic N) is 1. The highest BCUT2D eigenvalue weighted by Crippen LogP contribution is 2.61. The maximum atomic E-state index is 12.9. The van der Waals surface area contributed by atoms with E-state index in [1.54, 1.807) is 6.92 Å². The van der Waals surface area contributed by atoms with Gasteiger partial charge in [0.1, 0.15) is 0 Å². The monoisotopic (exact) mass is 429 g/mol. The first-order chi connectivity index (χ1) is 14.7. The number of hydrogen-bond donors (Lipinski definition) is 1. The second-order valence-electron chi connectivity index (χ2n) is 10.2. The van der Waals surface area contributed by atoms with Gasteiger partial charge >= 0.3 is 11.9 Å². The maximum absolute atomic E-state index is 12.9. The standard InChI is InChI=1S/C25H35NO5/c1-4-31-22(28)11-14-26-21(27)8-7-20-18-6-5-17-15-16(23(29)30)9-12-24(17,2)19(18)10-13-25(20,26)3/h5,15,18-20H,4,6-14H2,1-3H3,(H,29,30)/t18-,19+,20+,24+,25+/m1/s1. The molecular weight excluding hydrogens is 394 g/mol. The maximum Gasteiger partial charge on any atom is 0.331 e. The van der Waals surface area contributed by atoms with Crippen LogP contribution in [0.4, 0.5) is 0 Å². The fourth-order valence-electron chi connectivity index (χ4n) is 7.17. The van der Waals surface area contributed by atoms with Crippen molar-refractivity contribution >= 4 is 17.8 Å². The summed E-state index contributed by atoms with van der Waals surface area (Å²) in [6, 6.07) is 0. The van der Waals surface area contributed by atoms with E-state index in [-0.39, 0.29) is 29.3 Å². The summed E-state index contributed by atoms with van der Waals surface area (Å²) in [7, 11) is 0. The van der Waals surface area contributed by atoms with Gasteiger partial charge in [-0.3, -0.25) is 9.59 Å². The fourth-order valence-corrected chi connectivity index (χ4v) is 7.17. The number of carboxylic acid groups (broad SMARTS) is 1. The molecule has 0 radical (unpaired) electrons. The molecule has 1 amide bonds. The number of rotatable bonds is 5. The Morgan fingerprint density at radius 3 is 2.68 bits per heavy atom. The molecule has 0 aromatic heterocycles. The van der Waals surface area contributed by atoms with Gasteiger partial charge in [-0.25, -0.2) is 4.79 Å². The number of carbonyl (C=O) groups excluding carboxylic acids is 2. The van der Waals surface area contributed by atoms with Gasteiger partial charge < -0.3 is 14.7 Å². The molecule has 0 spiro atoms. The zero-order valence-electron chi connectivity index (χ0n) is 19.0. The zero-order valence-corrected chi connectivity index (χ0v) is 19.0. The molecule has 0 aromatic rings. The van der Waals surface area contributed by atoms with Crippen molar-refractivity contribution in [2.45, 2.75) is 77.7 Å². The minimum atomic E-state index is -0.802. The fraction of sp³-hybridized carbons (Fsp3) is 0.720. The van der Waals surface area contributed by atoms with Crippen LogP contribution in [0.15, 0.2) is 23.3 Å². The largest absolute Gasteiger partial charge is 0.478 e. The SMILES string of the molecule is CCOC(=O)CCN1C(=O)CC[C@H]2[C@@H]3CC=C4C=C(C(=O)O)CC[C@]4(C)[C@H]3CC[C@@]21C. The predicted molar refractivity (Wildman–Crippen MR) is 116 cm³/mol. The first kappa shape index (κ1) is 22.1. The van der Waals surface area contributed by atoms with Crippen molar-refractivity contribution in [2.75, 3.05) is 13.2 Å². The molecule has 6 nitrogen and oxygen atoms in total. The van der Waals surface area contributed by atoms with Crippen molar-refractivity contribution in [3.63, 3.8) is 0 Å². The van der Waals surface area contributed by atoms with Crippen LogP contribution in [0, 0.1) is 23.2 Å². The van der Waals surface area contributed by atoms with Crippen LogP contribution in [0.1, 0.15) is 72.1 Å². The number of ether oxygens (including phenoxy) is 1. The predicted octanol–water partition coefficient (Wildman–Crippen LogP) is 4.10. The Bertz CT molecular complexity index is 845. The minimum Gasteiger partial charge on any atom is -0.478 e. The van der Waals surface area contributed by atoms with Crippen molar-refractivity contribution in [3.05, 3.63) is 23.3 Å². The third-order valence-electron chi connectivity index (χ3n) is 8.83. The number of esters is 1. The molecule has 170 valence electrons. The molecule has 31 heavy (non-hydrogen) atoms. The first-order valence-corrected chi connectivity index (χ1v) is 11.8. The van der Waals surface area contributed by atoms with E-state index in [9.17, 15) is 19.5 Å². The van der Waals surface area contributed by atoms with Crippen LogP contribution in [0.3, 0.4) is 0 Å². The van der Waals surface area contributed by atoms with Crippen LogP contribution >= 0.6 is 0 Å². The van der Waals surface area contributed by atoms with Gasteiger partial charge in [0.15, 0.2) is 0 Å². The number of piperidine rings is 1. The van der Waals surface area contributed by atoms with Crippen LogP contribution in [0.25, 0.3) is 0 Å². The van der Waals surface area contributed by atoms with Gasteiger partial charge in [0.25, 0.3) is 0 Å². The number of fused-ring (bicyclic) bond motifs is 5. The van der Waals surface area contributed by atoms with Crippen LogP contribution in [-0.4, -0.2) is 46.5 Å². The lowest BCUT2D eigenvalue weighted by molar-refractivity contribution is -0.158. The molecule has 0 aromatic carbocycles. The second kappa shape index (κ2) is 8.10. The van der Waals surface area contributed by atoms with Crippen molar-refractivity contribution in [3.8, 4) is 0 Å². The van der Waals surface area contributed by atoms with Crippen LogP contribution in [0.2, 0.25) is 0 Å². The first-order valence-electron chi connectivity index (χ1n) is 11.8. The average Bonchev–Trinajstić information content (AvgIpc) is 2.72. The van der Waals surface area contributed by atoms with Crippen molar-refractivity contribution in [2.24, 2.45) is 23.2 Å². The topological polar surface area (TPSA) is 83.9 Å². The highest BCUT2D eigenvalue weighted by Gasteiger charge is 2.57. The second-order valence-corrected chi connectivity index (χ2v) is 10.2. The van der Waals surface area contributed by atoms with Crippen LogP contribution in [0.5, 0.6) is 0 Å². The van der Waals surface area contributed by atoms with E-state index in [1.807, 2.05) is 11.0 Å².